The molecule has 0 spiro atoms. The second-order valence-corrected chi connectivity index (χ2v) is 4.67. The van der Waals surface area contributed by atoms with Gasteiger partial charge in [-0.2, -0.15) is 0 Å². The zero-order valence-electron chi connectivity index (χ0n) is 9.40. The van der Waals surface area contributed by atoms with Crippen LogP contribution in [0.3, 0.4) is 0 Å². The second-order valence-electron chi connectivity index (χ2n) is 4.67. The lowest BCUT2D eigenvalue weighted by Gasteiger charge is -2.33. The Hall–Kier alpha value is -1.02. The fraction of sp³-hybridized carbons (Fsp3) is 0.538. The molecule has 0 saturated heterocycles. The third-order valence-corrected chi connectivity index (χ3v) is 3.17. The molecule has 0 bridgehead atoms. The normalized spacial score (nSPS) is 25.1. The van der Waals surface area contributed by atoms with Crippen molar-refractivity contribution in [2.75, 3.05) is 5.32 Å². The summed E-state index contributed by atoms with van der Waals surface area (Å²) < 4.78 is 0. The van der Waals surface area contributed by atoms with Crippen LogP contribution in [0.5, 0.6) is 0 Å². The number of anilines is 1. The Morgan fingerprint density at radius 2 is 1.87 bits per heavy atom. The Morgan fingerprint density at radius 1 is 1.20 bits per heavy atom. The number of hydrogen-bond donors (Lipinski definition) is 2. The molecule has 0 heterocycles. The van der Waals surface area contributed by atoms with Crippen LogP contribution < -0.4 is 5.32 Å². The maximum Gasteiger partial charge on any atom is 0.0741 e. The Morgan fingerprint density at radius 3 is 2.27 bits per heavy atom. The third kappa shape index (κ3) is 2.32. The summed E-state index contributed by atoms with van der Waals surface area (Å²) in [4.78, 5) is 0. The van der Waals surface area contributed by atoms with Crippen LogP contribution in [0.1, 0.15) is 38.2 Å². The summed E-state index contributed by atoms with van der Waals surface area (Å²) in [6.07, 6.45) is 1.85. The maximum absolute atomic E-state index is 9.45. The molecular formula is C13H19NO. The lowest BCUT2D eigenvalue weighted by Crippen LogP contribution is -2.42. The van der Waals surface area contributed by atoms with E-state index in [2.05, 4.69) is 43.4 Å². The van der Waals surface area contributed by atoms with Gasteiger partial charge in [-0.3, -0.25) is 0 Å². The van der Waals surface area contributed by atoms with E-state index in [1.165, 1.54) is 5.56 Å². The smallest absolute Gasteiger partial charge is 0.0741 e. The van der Waals surface area contributed by atoms with Gasteiger partial charge in [0.05, 0.1) is 12.1 Å². The number of aliphatic hydroxyl groups excluding tert-OH is 1. The maximum atomic E-state index is 9.45. The number of hydrogen-bond acceptors (Lipinski definition) is 2. The fourth-order valence-electron chi connectivity index (χ4n) is 1.83. The SMILES string of the molecule is CC(C)c1ccc(NC2CCC2O)cc1. The highest BCUT2D eigenvalue weighted by Crippen LogP contribution is 2.25. The molecule has 1 aromatic rings. The first-order chi connectivity index (χ1) is 7.16. The molecule has 82 valence electrons. The van der Waals surface area contributed by atoms with E-state index in [0.29, 0.717) is 5.92 Å². The monoisotopic (exact) mass is 205 g/mol. The van der Waals surface area contributed by atoms with E-state index >= 15 is 0 Å². The first kappa shape index (κ1) is 10.5. The molecule has 1 aliphatic rings. The molecule has 1 saturated carbocycles. The molecule has 0 radical (unpaired) electrons. The fourth-order valence-corrected chi connectivity index (χ4v) is 1.83. The summed E-state index contributed by atoms with van der Waals surface area (Å²) in [5.41, 5.74) is 2.47. The van der Waals surface area contributed by atoms with Crippen molar-refractivity contribution in [3.8, 4) is 0 Å². The van der Waals surface area contributed by atoms with Crippen LogP contribution in [0, 0.1) is 0 Å². The molecule has 1 aromatic carbocycles. The summed E-state index contributed by atoms with van der Waals surface area (Å²) >= 11 is 0. The van der Waals surface area contributed by atoms with E-state index in [-0.39, 0.29) is 12.1 Å². The van der Waals surface area contributed by atoms with Crippen molar-refractivity contribution in [1.82, 2.24) is 0 Å². The molecule has 2 atom stereocenters. The van der Waals surface area contributed by atoms with Crippen molar-refractivity contribution >= 4 is 5.69 Å². The Kier molecular flexibility index (Phi) is 2.96. The summed E-state index contributed by atoms with van der Waals surface area (Å²) in [5, 5.41) is 12.8. The molecule has 15 heavy (non-hydrogen) atoms. The summed E-state index contributed by atoms with van der Waals surface area (Å²) in [6, 6.07) is 8.76. The van der Waals surface area contributed by atoms with Crippen LogP contribution in [0.4, 0.5) is 5.69 Å². The van der Waals surface area contributed by atoms with E-state index < -0.39 is 0 Å². The molecule has 2 nitrogen and oxygen atoms in total. The molecule has 0 amide bonds. The van der Waals surface area contributed by atoms with Crippen LogP contribution in [0.15, 0.2) is 24.3 Å². The van der Waals surface area contributed by atoms with Gasteiger partial charge in [0.25, 0.3) is 0 Å². The minimum Gasteiger partial charge on any atom is -0.391 e. The van der Waals surface area contributed by atoms with Crippen LogP contribution in [0.25, 0.3) is 0 Å². The van der Waals surface area contributed by atoms with Gasteiger partial charge in [0.2, 0.25) is 0 Å². The number of benzene rings is 1. The number of aliphatic hydroxyl groups is 1. The van der Waals surface area contributed by atoms with E-state index in [1.807, 2.05) is 0 Å². The Labute approximate surface area is 91.3 Å². The molecule has 0 aliphatic heterocycles. The van der Waals surface area contributed by atoms with Crippen molar-refractivity contribution in [2.45, 2.75) is 44.8 Å². The highest BCUT2D eigenvalue weighted by Gasteiger charge is 2.28. The minimum absolute atomic E-state index is 0.158. The summed E-state index contributed by atoms with van der Waals surface area (Å²) in [7, 11) is 0. The van der Waals surface area contributed by atoms with Crippen LogP contribution in [0.2, 0.25) is 0 Å². The van der Waals surface area contributed by atoms with Gasteiger partial charge in [-0.25, -0.2) is 0 Å². The molecule has 2 unspecified atom stereocenters. The van der Waals surface area contributed by atoms with E-state index in [9.17, 15) is 5.11 Å². The van der Waals surface area contributed by atoms with Gasteiger partial charge in [0, 0.05) is 5.69 Å². The molecular weight excluding hydrogens is 186 g/mol. The average molecular weight is 205 g/mol. The predicted octanol–water partition coefficient (Wildman–Crippen LogP) is 2.75. The van der Waals surface area contributed by atoms with Gasteiger partial charge in [-0.05, 0) is 36.5 Å². The molecule has 2 heteroatoms. The largest absolute Gasteiger partial charge is 0.391 e. The predicted molar refractivity (Wildman–Crippen MR) is 63.2 cm³/mol. The van der Waals surface area contributed by atoms with Crippen molar-refractivity contribution in [1.29, 1.82) is 0 Å². The highest BCUT2D eigenvalue weighted by molar-refractivity contribution is 5.46. The van der Waals surface area contributed by atoms with Gasteiger partial charge in [0.15, 0.2) is 0 Å². The van der Waals surface area contributed by atoms with Crippen molar-refractivity contribution < 1.29 is 5.11 Å². The quantitative estimate of drug-likeness (QED) is 0.795. The zero-order chi connectivity index (χ0) is 10.8. The van der Waals surface area contributed by atoms with E-state index in [1.54, 1.807) is 0 Å². The molecule has 2 N–H and O–H groups in total. The Bertz CT molecular complexity index is 318. The molecule has 2 rings (SSSR count). The first-order valence-corrected chi connectivity index (χ1v) is 5.71. The summed E-state index contributed by atoms with van der Waals surface area (Å²) in [5.74, 6) is 0.577. The van der Waals surface area contributed by atoms with Crippen LogP contribution in [-0.2, 0) is 0 Å². The molecule has 0 aromatic heterocycles. The average Bonchev–Trinajstić information content (AvgIpc) is 2.24. The molecule has 1 fully saturated rings. The number of rotatable bonds is 3. The third-order valence-electron chi connectivity index (χ3n) is 3.17. The standard InChI is InChI=1S/C13H19NO/c1-9(2)10-3-5-11(6-4-10)14-12-7-8-13(12)15/h3-6,9,12-15H,7-8H2,1-2H3. The topological polar surface area (TPSA) is 32.3 Å². The van der Waals surface area contributed by atoms with Gasteiger partial charge in [-0.1, -0.05) is 26.0 Å². The van der Waals surface area contributed by atoms with Gasteiger partial charge >= 0.3 is 0 Å². The summed E-state index contributed by atoms with van der Waals surface area (Å²) in [6.45, 7) is 4.39. The van der Waals surface area contributed by atoms with Crippen molar-refractivity contribution in [3.05, 3.63) is 29.8 Å². The lowest BCUT2D eigenvalue weighted by molar-refractivity contribution is 0.0786. The van der Waals surface area contributed by atoms with Gasteiger partial charge in [-0.15, -0.1) is 0 Å². The Balaban J connectivity index is 1.98. The zero-order valence-corrected chi connectivity index (χ0v) is 9.40. The lowest BCUT2D eigenvalue weighted by atomic mass is 9.89. The number of nitrogens with one attached hydrogen (secondary N) is 1. The van der Waals surface area contributed by atoms with Crippen LogP contribution in [-0.4, -0.2) is 17.3 Å². The second kappa shape index (κ2) is 4.23. The molecule has 1 aliphatic carbocycles. The van der Waals surface area contributed by atoms with E-state index in [4.69, 9.17) is 0 Å². The van der Waals surface area contributed by atoms with Crippen molar-refractivity contribution in [2.24, 2.45) is 0 Å². The van der Waals surface area contributed by atoms with Crippen molar-refractivity contribution in [3.63, 3.8) is 0 Å². The first-order valence-electron chi connectivity index (χ1n) is 5.71. The van der Waals surface area contributed by atoms with Gasteiger partial charge < -0.3 is 10.4 Å². The van der Waals surface area contributed by atoms with Gasteiger partial charge in [0.1, 0.15) is 0 Å². The van der Waals surface area contributed by atoms with E-state index in [0.717, 1.165) is 18.5 Å². The van der Waals surface area contributed by atoms with Crippen LogP contribution >= 0.6 is 0 Å². The highest BCUT2D eigenvalue weighted by atomic mass is 16.3. The minimum atomic E-state index is -0.158.